The van der Waals surface area contributed by atoms with Gasteiger partial charge in [-0.1, -0.05) is 66.7 Å². The van der Waals surface area contributed by atoms with Gasteiger partial charge in [-0.15, -0.1) is 0 Å². The van der Waals surface area contributed by atoms with E-state index in [1.807, 2.05) is 41.2 Å². The van der Waals surface area contributed by atoms with Crippen LogP contribution in [0, 0.1) is 0 Å². The van der Waals surface area contributed by atoms with Gasteiger partial charge in [0.25, 0.3) is 0 Å². The first-order valence-electron chi connectivity index (χ1n) is 10.9. The lowest BCUT2D eigenvalue weighted by Crippen LogP contribution is -2.38. The molecule has 0 radical (unpaired) electrons. The molecule has 0 bridgehead atoms. The van der Waals surface area contributed by atoms with E-state index >= 15 is 0 Å². The van der Waals surface area contributed by atoms with Gasteiger partial charge in [0.15, 0.2) is 0 Å². The maximum Gasteiger partial charge on any atom is 0.243 e. The average Bonchev–Trinajstić information content (AvgIpc) is 3.37. The lowest BCUT2D eigenvalue weighted by Gasteiger charge is -2.17. The maximum absolute atomic E-state index is 12.6. The van der Waals surface area contributed by atoms with Gasteiger partial charge in [0, 0.05) is 26.0 Å². The van der Waals surface area contributed by atoms with Gasteiger partial charge in [-0.3, -0.25) is 9.48 Å². The zero-order valence-electron chi connectivity index (χ0n) is 18.8. The number of nitrogens with zero attached hydrogens (tertiary/aromatic N) is 3. The number of nitrogens with one attached hydrogen (secondary N) is 1. The highest BCUT2D eigenvalue weighted by Gasteiger charge is 2.22. The zero-order valence-corrected chi connectivity index (χ0v) is 19.7. The molecule has 8 heteroatoms. The molecule has 1 heterocycles. The van der Waals surface area contributed by atoms with Crippen LogP contribution in [0.4, 0.5) is 0 Å². The molecule has 34 heavy (non-hydrogen) atoms. The number of hydrogen-bond acceptors (Lipinski definition) is 4. The molecule has 0 aliphatic heterocycles. The lowest BCUT2D eigenvalue weighted by atomic mass is 9.98. The van der Waals surface area contributed by atoms with Gasteiger partial charge in [-0.2, -0.15) is 9.40 Å². The summed E-state index contributed by atoms with van der Waals surface area (Å²) >= 11 is 0. The Bertz CT molecular complexity index is 1340. The van der Waals surface area contributed by atoms with Crippen LogP contribution < -0.4 is 5.32 Å². The summed E-state index contributed by atoms with van der Waals surface area (Å²) in [5.41, 5.74) is 4.14. The Balaban J connectivity index is 1.40. The summed E-state index contributed by atoms with van der Waals surface area (Å²) in [5.74, 6) is -0.369. The van der Waals surface area contributed by atoms with Gasteiger partial charge >= 0.3 is 0 Å². The molecule has 1 N–H and O–H groups in total. The van der Waals surface area contributed by atoms with Gasteiger partial charge in [0.2, 0.25) is 15.9 Å². The predicted octanol–water partition coefficient (Wildman–Crippen LogP) is 3.54. The average molecular weight is 475 g/mol. The van der Waals surface area contributed by atoms with Crippen LogP contribution in [0.5, 0.6) is 0 Å². The molecule has 0 saturated heterocycles. The minimum atomic E-state index is -3.72. The quantitative estimate of drug-likeness (QED) is 0.402. The van der Waals surface area contributed by atoms with Crippen LogP contribution in [0.3, 0.4) is 0 Å². The highest BCUT2D eigenvalue weighted by molar-refractivity contribution is 7.89. The van der Waals surface area contributed by atoms with Gasteiger partial charge < -0.3 is 5.32 Å². The number of sulfonamides is 1. The first-order valence-corrected chi connectivity index (χ1v) is 12.3. The summed E-state index contributed by atoms with van der Waals surface area (Å²) in [6.07, 6.45) is 3.68. The minimum absolute atomic E-state index is 0.159. The highest BCUT2D eigenvalue weighted by Crippen LogP contribution is 2.24. The first kappa shape index (κ1) is 23.4. The normalized spacial score (nSPS) is 11.5. The Hall–Kier alpha value is -3.75. The predicted molar refractivity (Wildman–Crippen MR) is 131 cm³/mol. The summed E-state index contributed by atoms with van der Waals surface area (Å²) in [6, 6.07) is 26.1. The Morgan fingerprint density at radius 2 is 1.65 bits per heavy atom. The maximum atomic E-state index is 12.6. The second-order valence-electron chi connectivity index (χ2n) is 7.91. The van der Waals surface area contributed by atoms with E-state index in [1.54, 1.807) is 24.4 Å². The number of carbonyl (C=O) groups excluding carboxylic acids is 1. The molecule has 0 aliphatic rings. The largest absolute Gasteiger partial charge is 0.351 e. The molecule has 0 unspecified atom stereocenters. The number of amides is 1. The van der Waals surface area contributed by atoms with Crippen LogP contribution in [0.15, 0.2) is 102 Å². The minimum Gasteiger partial charge on any atom is -0.351 e. The standard InChI is InChI=1S/C26H26N4O3S/c1-29(34(32,33)24-9-3-2-4-10-24)20-26(31)27-18-23-8-5-6-11-25(23)22-14-12-21(13-15-22)19-30-17-7-16-28-30/h2-17H,18-20H2,1H3,(H,27,31). The molecule has 4 rings (SSSR count). The van der Waals surface area contributed by atoms with Gasteiger partial charge in [0.05, 0.1) is 18.0 Å². The number of rotatable bonds is 9. The number of aromatic nitrogens is 2. The van der Waals surface area contributed by atoms with E-state index in [2.05, 4.69) is 34.7 Å². The van der Waals surface area contributed by atoms with Crippen molar-refractivity contribution < 1.29 is 13.2 Å². The molecule has 3 aromatic carbocycles. The molecule has 7 nitrogen and oxygen atoms in total. The van der Waals surface area contributed by atoms with Crippen LogP contribution >= 0.6 is 0 Å². The zero-order chi connectivity index (χ0) is 24.0. The van der Waals surface area contributed by atoms with E-state index < -0.39 is 10.0 Å². The molecular weight excluding hydrogens is 448 g/mol. The van der Waals surface area contributed by atoms with Crippen molar-refractivity contribution in [3.63, 3.8) is 0 Å². The van der Waals surface area contributed by atoms with Crippen molar-refractivity contribution in [3.05, 3.63) is 108 Å². The van der Waals surface area contributed by atoms with Crippen molar-refractivity contribution in [2.45, 2.75) is 18.0 Å². The van der Waals surface area contributed by atoms with E-state index in [-0.39, 0.29) is 17.3 Å². The smallest absolute Gasteiger partial charge is 0.243 e. The van der Waals surface area contributed by atoms with E-state index in [4.69, 9.17) is 0 Å². The third-order valence-corrected chi connectivity index (χ3v) is 7.30. The molecule has 0 saturated carbocycles. The third kappa shape index (κ3) is 5.59. The van der Waals surface area contributed by atoms with E-state index in [0.717, 1.165) is 26.6 Å². The summed E-state index contributed by atoms with van der Waals surface area (Å²) in [4.78, 5) is 12.7. The van der Waals surface area contributed by atoms with E-state index in [9.17, 15) is 13.2 Å². The molecule has 0 spiro atoms. The summed E-state index contributed by atoms with van der Waals surface area (Å²) in [7, 11) is -2.32. The van der Waals surface area contributed by atoms with Crippen LogP contribution in [-0.4, -0.2) is 42.0 Å². The highest BCUT2D eigenvalue weighted by atomic mass is 32.2. The van der Waals surface area contributed by atoms with Crippen molar-refractivity contribution in [1.29, 1.82) is 0 Å². The summed E-state index contributed by atoms with van der Waals surface area (Å²) in [5, 5.41) is 7.08. The molecule has 174 valence electrons. The molecule has 1 amide bonds. The van der Waals surface area contributed by atoms with Crippen molar-refractivity contribution in [2.75, 3.05) is 13.6 Å². The van der Waals surface area contributed by atoms with Gasteiger partial charge in [0.1, 0.15) is 0 Å². The van der Waals surface area contributed by atoms with E-state index in [1.165, 1.54) is 19.2 Å². The SMILES string of the molecule is CN(CC(=O)NCc1ccccc1-c1ccc(Cn2cccn2)cc1)S(=O)(=O)c1ccccc1. The van der Waals surface area contributed by atoms with Crippen LogP contribution in [0.1, 0.15) is 11.1 Å². The van der Waals surface area contributed by atoms with Gasteiger partial charge in [-0.25, -0.2) is 8.42 Å². The fourth-order valence-corrected chi connectivity index (χ4v) is 4.78. The summed E-state index contributed by atoms with van der Waals surface area (Å²) < 4.78 is 28.2. The third-order valence-electron chi connectivity index (χ3n) is 5.48. The van der Waals surface area contributed by atoms with E-state index in [0.29, 0.717) is 13.1 Å². The van der Waals surface area contributed by atoms with Crippen molar-refractivity contribution >= 4 is 15.9 Å². The molecule has 1 aromatic heterocycles. The Morgan fingerprint density at radius 3 is 2.35 bits per heavy atom. The van der Waals surface area contributed by atoms with Gasteiger partial charge in [-0.05, 0) is 40.5 Å². The van der Waals surface area contributed by atoms with Crippen LogP contribution in [0.25, 0.3) is 11.1 Å². The topological polar surface area (TPSA) is 84.3 Å². The Labute approximate surface area is 199 Å². The fraction of sp³-hybridized carbons (Fsp3) is 0.154. The number of carbonyl (C=O) groups is 1. The fourth-order valence-electron chi connectivity index (χ4n) is 3.64. The molecule has 0 fully saturated rings. The molecular formula is C26H26N4O3S. The second-order valence-corrected chi connectivity index (χ2v) is 9.95. The number of benzene rings is 3. The first-order chi connectivity index (χ1) is 16.4. The summed E-state index contributed by atoms with van der Waals surface area (Å²) in [6.45, 7) is 0.731. The Kier molecular flexibility index (Phi) is 7.20. The lowest BCUT2D eigenvalue weighted by molar-refractivity contribution is -0.121. The number of hydrogen-bond donors (Lipinski definition) is 1. The second kappa shape index (κ2) is 10.5. The molecule has 0 atom stereocenters. The molecule has 0 aliphatic carbocycles. The van der Waals surface area contributed by atoms with Crippen LogP contribution in [0.2, 0.25) is 0 Å². The number of likely N-dealkylation sites (N-methyl/N-ethyl adjacent to an activating group) is 1. The molecule has 4 aromatic rings. The van der Waals surface area contributed by atoms with Crippen molar-refractivity contribution in [3.8, 4) is 11.1 Å². The van der Waals surface area contributed by atoms with Crippen molar-refractivity contribution in [1.82, 2.24) is 19.4 Å². The van der Waals surface area contributed by atoms with Crippen molar-refractivity contribution in [2.24, 2.45) is 0 Å². The van der Waals surface area contributed by atoms with Crippen LogP contribution in [-0.2, 0) is 27.9 Å². The Morgan fingerprint density at radius 1 is 0.941 bits per heavy atom. The monoisotopic (exact) mass is 474 g/mol.